The van der Waals surface area contributed by atoms with E-state index >= 15 is 0 Å². The Balaban J connectivity index is 3.06. The molecular formula is C11H14O2. The van der Waals surface area contributed by atoms with Crippen molar-refractivity contribution in [2.24, 2.45) is 0 Å². The monoisotopic (exact) mass is 178 g/mol. The van der Waals surface area contributed by atoms with E-state index in [9.17, 15) is 4.79 Å². The maximum atomic E-state index is 10.6. The largest absolute Gasteiger partial charge is 0.369 e. The van der Waals surface area contributed by atoms with Gasteiger partial charge in [-0.1, -0.05) is 23.8 Å². The summed E-state index contributed by atoms with van der Waals surface area (Å²) in [5.41, 5.74) is 3.24. The number of carbonyl (C=O) groups excluding carboxylic acids is 1. The summed E-state index contributed by atoms with van der Waals surface area (Å²) in [6.45, 7) is 4.01. The lowest BCUT2D eigenvalue weighted by atomic mass is 10.0. The molecular weight excluding hydrogens is 164 g/mol. The molecule has 2 nitrogen and oxygen atoms in total. The van der Waals surface area contributed by atoms with Crippen LogP contribution < -0.4 is 0 Å². The predicted molar refractivity (Wildman–Crippen MR) is 51.7 cm³/mol. The predicted octanol–water partition coefficient (Wildman–Crippen LogP) is 2.19. The highest BCUT2D eigenvalue weighted by Crippen LogP contribution is 2.19. The minimum absolute atomic E-state index is 0.430. The Morgan fingerprint density at radius 2 is 2.08 bits per heavy atom. The quantitative estimate of drug-likeness (QED) is 0.663. The van der Waals surface area contributed by atoms with Crippen molar-refractivity contribution in [3.8, 4) is 0 Å². The van der Waals surface area contributed by atoms with Gasteiger partial charge in [-0.25, -0.2) is 0 Å². The molecule has 1 atom stereocenters. The highest BCUT2D eigenvalue weighted by atomic mass is 16.5. The molecule has 1 aromatic rings. The number of methoxy groups -OCH3 is 1. The molecule has 0 fully saturated rings. The molecule has 0 bridgehead atoms. The van der Waals surface area contributed by atoms with Crippen LogP contribution in [0, 0.1) is 13.8 Å². The number of benzene rings is 1. The van der Waals surface area contributed by atoms with E-state index in [0.717, 1.165) is 17.4 Å². The van der Waals surface area contributed by atoms with Gasteiger partial charge in [0.15, 0.2) is 6.29 Å². The smallest absolute Gasteiger partial charge is 0.153 e. The lowest BCUT2D eigenvalue weighted by Crippen LogP contribution is -2.04. The Labute approximate surface area is 78.5 Å². The van der Waals surface area contributed by atoms with Gasteiger partial charge in [-0.05, 0) is 25.0 Å². The van der Waals surface area contributed by atoms with Crippen molar-refractivity contribution in [1.82, 2.24) is 0 Å². The van der Waals surface area contributed by atoms with Crippen molar-refractivity contribution in [1.29, 1.82) is 0 Å². The van der Waals surface area contributed by atoms with Crippen LogP contribution in [0.5, 0.6) is 0 Å². The molecule has 0 saturated carbocycles. The van der Waals surface area contributed by atoms with Gasteiger partial charge in [-0.2, -0.15) is 0 Å². The zero-order valence-electron chi connectivity index (χ0n) is 8.20. The average molecular weight is 178 g/mol. The van der Waals surface area contributed by atoms with Crippen LogP contribution in [0.25, 0.3) is 0 Å². The first kappa shape index (κ1) is 9.93. The molecule has 1 rings (SSSR count). The van der Waals surface area contributed by atoms with Gasteiger partial charge in [0, 0.05) is 7.11 Å². The van der Waals surface area contributed by atoms with Gasteiger partial charge in [0.25, 0.3) is 0 Å². The lowest BCUT2D eigenvalue weighted by molar-refractivity contribution is -0.116. The fourth-order valence-electron chi connectivity index (χ4n) is 1.40. The molecule has 0 amide bonds. The van der Waals surface area contributed by atoms with E-state index in [1.807, 2.05) is 32.0 Å². The first-order chi connectivity index (χ1) is 6.19. The van der Waals surface area contributed by atoms with E-state index < -0.39 is 6.10 Å². The normalized spacial score (nSPS) is 12.5. The molecule has 0 spiro atoms. The third-order valence-electron chi connectivity index (χ3n) is 2.11. The number of hydrogen-bond donors (Lipinski definition) is 0. The van der Waals surface area contributed by atoms with Crippen LogP contribution >= 0.6 is 0 Å². The summed E-state index contributed by atoms with van der Waals surface area (Å²) in [4.78, 5) is 10.6. The van der Waals surface area contributed by atoms with Crippen molar-refractivity contribution < 1.29 is 9.53 Å². The fourth-order valence-corrected chi connectivity index (χ4v) is 1.40. The Hall–Kier alpha value is -1.15. The Morgan fingerprint density at radius 3 is 2.54 bits per heavy atom. The summed E-state index contributed by atoms with van der Waals surface area (Å²) < 4.78 is 5.04. The van der Waals surface area contributed by atoms with E-state index in [2.05, 4.69) is 0 Å². The van der Waals surface area contributed by atoms with Crippen LogP contribution in [0.1, 0.15) is 22.8 Å². The maximum Gasteiger partial charge on any atom is 0.153 e. The average Bonchev–Trinajstić information content (AvgIpc) is 2.10. The fraction of sp³-hybridized carbons (Fsp3) is 0.364. The van der Waals surface area contributed by atoms with E-state index in [0.29, 0.717) is 0 Å². The highest BCUT2D eigenvalue weighted by molar-refractivity contribution is 5.61. The molecule has 1 unspecified atom stereocenters. The molecule has 0 N–H and O–H groups in total. The summed E-state index contributed by atoms with van der Waals surface area (Å²) >= 11 is 0. The molecule has 0 aliphatic rings. The molecule has 0 saturated heterocycles. The first-order valence-corrected chi connectivity index (χ1v) is 4.24. The van der Waals surface area contributed by atoms with E-state index in [-0.39, 0.29) is 0 Å². The molecule has 0 aromatic heterocycles. The van der Waals surface area contributed by atoms with Crippen LogP contribution in [-0.4, -0.2) is 13.4 Å². The van der Waals surface area contributed by atoms with E-state index in [1.165, 1.54) is 5.56 Å². The maximum absolute atomic E-state index is 10.6. The molecule has 0 aliphatic heterocycles. The second-order valence-corrected chi connectivity index (χ2v) is 3.15. The Morgan fingerprint density at radius 1 is 1.38 bits per heavy atom. The molecule has 0 aliphatic carbocycles. The van der Waals surface area contributed by atoms with Gasteiger partial charge in [0.1, 0.15) is 6.10 Å². The third-order valence-corrected chi connectivity index (χ3v) is 2.11. The summed E-state index contributed by atoms with van der Waals surface area (Å²) in [6.07, 6.45) is 0.387. The standard InChI is InChI=1S/C11H14O2/c1-8-4-5-10(9(2)6-8)11(7-12)13-3/h4-7,11H,1-3H3. The van der Waals surface area contributed by atoms with Crippen molar-refractivity contribution >= 4 is 6.29 Å². The van der Waals surface area contributed by atoms with Crippen LogP contribution in [0.2, 0.25) is 0 Å². The second-order valence-electron chi connectivity index (χ2n) is 3.15. The minimum atomic E-state index is -0.430. The molecule has 70 valence electrons. The van der Waals surface area contributed by atoms with Crippen LogP contribution in [-0.2, 0) is 9.53 Å². The SMILES string of the molecule is COC(C=O)c1ccc(C)cc1C. The van der Waals surface area contributed by atoms with Gasteiger partial charge in [0.05, 0.1) is 0 Å². The topological polar surface area (TPSA) is 26.3 Å². The van der Waals surface area contributed by atoms with Crippen LogP contribution in [0.4, 0.5) is 0 Å². The van der Waals surface area contributed by atoms with Crippen molar-refractivity contribution in [3.05, 3.63) is 34.9 Å². The number of hydrogen-bond acceptors (Lipinski definition) is 2. The summed E-state index contributed by atoms with van der Waals surface area (Å²) in [5.74, 6) is 0. The second kappa shape index (κ2) is 4.19. The zero-order valence-corrected chi connectivity index (χ0v) is 8.20. The summed E-state index contributed by atoms with van der Waals surface area (Å²) in [5, 5.41) is 0. The Kier molecular flexibility index (Phi) is 3.20. The molecule has 2 heteroatoms. The summed E-state index contributed by atoms with van der Waals surface area (Å²) in [7, 11) is 1.54. The first-order valence-electron chi connectivity index (χ1n) is 4.24. The number of aldehydes is 1. The van der Waals surface area contributed by atoms with Crippen molar-refractivity contribution in [2.45, 2.75) is 20.0 Å². The van der Waals surface area contributed by atoms with Gasteiger partial charge >= 0.3 is 0 Å². The number of aryl methyl sites for hydroxylation is 2. The number of ether oxygens (including phenoxy) is 1. The van der Waals surface area contributed by atoms with E-state index in [4.69, 9.17) is 4.74 Å². The molecule has 0 heterocycles. The molecule has 13 heavy (non-hydrogen) atoms. The van der Waals surface area contributed by atoms with Gasteiger partial charge in [0.2, 0.25) is 0 Å². The lowest BCUT2D eigenvalue weighted by Gasteiger charge is -2.11. The Bertz CT molecular complexity index is 305. The van der Waals surface area contributed by atoms with Gasteiger partial charge in [-0.3, -0.25) is 0 Å². The highest BCUT2D eigenvalue weighted by Gasteiger charge is 2.10. The third kappa shape index (κ3) is 2.16. The van der Waals surface area contributed by atoms with E-state index in [1.54, 1.807) is 7.11 Å². The zero-order chi connectivity index (χ0) is 9.84. The van der Waals surface area contributed by atoms with Crippen molar-refractivity contribution in [2.75, 3.05) is 7.11 Å². The van der Waals surface area contributed by atoms with Crippen molar-refractivity contribution in [3.63, 3.8) is 0 Å². The number of rotatable bonds is 3. The minimum Gasteiger partial charge on any atom is -0.369 e. The molecule has 0 radical (unpaired) electrons. The van der Waals surface area contributed by atoms with Gasteiger partial charge in [-0.15, -0.1) is 0 Å². The van der Waals surface area contributed by atoms with Crippen LogP contribution in [0.3, 0.4) is 0 Å². The molecule has 1 aromatic carbocycles. The van der Waals surface area contributed by atoms with Crippen LogP contribution in [0.15, 0.2) is 18.2 Å². The number of carbonyl (C=O) groups is 1. The van der Waals surface area contributed by atoms with Gasteiger partial charge < -0.3 is 9.53 Å². The summed E-state index contributed by atoms with van der Waals surface area (Å²) in [6, 6.07) is 5.97.